The molecule has 0 fully saturated rings. The summed E-state index contributed by atoms with van der Waals surface area (Å²) in [6, 6.07) is 1.73. The van der Waals surface area contributed by atoms with E-state index in [2.05, 4.69) is 20.8 Å². The molecule has 29 heavy (non-hydrogen) atoms. The molecule has 2 amide bonds. The number of hydrogen-bond donors (Lipinski definition) is 2. The van der Waals surface area contributed by atoms with Gasteiger partial charge in [-0.15, -0.1) is 4.36 Å². The quantitative estimate of drug-likeness (QED) is 0.785. The second-order valence-electron chi connectivity index (χ2n) is 8.07. The van der Waals surface area contributed by atoms with Crippen molar-refractivity contribution in [3.05, 3.63) is 34.5 Å². The molecule has 3 N–H and O–H groups in total. The highest BCUT2D eigenvalue weighted by molar-refractivity contribution is 7.91. The molecular formula is C20H25N5O3S. The molecule has 1 aromatic heterocycles. The number of ether oxygens (including phenoxy) is 1. The van der Waals surface area contributed by atoms with E-state index < -0.39 is 15.9 Å². The molecule has 0 saturated carbocycles. The first-order valence-corrected chi connectivity index (χ1v) is 11.7. The Morgan fingerprint density at radius 3 is 2.66 bits per heavy atom. The molecule has 0 spiro atoms. The number of fused-ring (bicyclic) bond motifs is 3. The average molecular weight is 416 g/mol. The van der Waals surface area contributed by atoms with Crippen molar-refractivity contribution in [1.29, 1.82) is 0 Å². The van der Waals surface area contributed by atoms with E-state index in [0.717, 1.165) is 50.6 Å². The van der Waals surface area contributed by atoms with Gasteiger partial charge in [0.25, 0.3) is 0 Å². The standard InChI is InChI=1S/C20H25N5O3S/c1-12-8-9-28-19-17(11-22-25(12)19)29(21,27)24-20(26)23-18-15-6-2-4-13(15)10-14-5-3-7-16(14)18/h10-12H,2-9H2,1H3,(H3,21,23,24,26,27)/t12-,29-/m0/s1. The third kappa shape index (κ3) is 3.12. The number of carbonyl (C=O) groups excluding carboxylic acids is 1. The third-order valence-electron chi connectivity index (χ3n) is 6.15. The number of urea groups is 1. The first kappa shape index (κ1) is 18.6. The summed E-state index contributed by atoms with van der Waals surface area (Å²) < 4.78 is 24.2. The van der Waals surface area contributed by atoms with Crippen LogP contribution in [-0.4, -0.2) is 26.6 Å². The third-order valence-corrected chi connectivity index (χ3v) is 7.50. The lowest BCUT2D eigenvalue weighted by Gasteiger charge is -2.22. The summed E-state index contributed by atoms with van der Waals surface area (Å²) in [4.78, 5) is 12.9. The lowest BCUT2D eigenvalue weighted by Crippen LogP contribution is -2.22. The van der Waals surface area contributed by atoms with E-state index in [-0.39, 0.29) is 10.9 Å². The summed E-state index contributed by atoms with van der Waals surface area (Å²) in [5.41, 5.74) is 5.86. The van der Waals surface area contributed by atoms with Gasteiger partial charge in [-0.05, 0) is 67.7 Å². The Kier molecular flexibility index (Phi) is 4.40. The molecule has 1 aliphatic heterocycles. The van der Waals surface area contributed by atoms with Gasteiger partial charge in [0.05, 0.1) is 18.8 Å². The molecule has 3 aliphatic rings. The Bertz CT molecular complexity index is 1100. The summed E-state index contributed by atoms with van der Waals surface area (Å²) in [7, 11) is -3.47. The van der Waals surface area contributed by atoms with Gasteiger partial charge in [0.1, 0.15) is 4.90 Å². The summed E-state index contributed by atoms with van der Waals surface area (Å²) in [5.74, 6) is 0.342. The minimum atomic E-state index is -3.47. The van der Waals surface area contributed by atoms with E-state index in [1.54, 1.807) is 4.68 Å². The van der Waals surface area contributed by atoms with Crippen molar-refractivity contribution in [3.8, 4) is 5.88 Å². The second kappa shape index (κ2) is 6.84. The molecule has 1 aromatic carbocycles. The molecule has 154 valence electrons. The van der Waals surface area contributed by atoms with Crippen LogP contribution < -0.4 is 15.2 Å². The van der Waals surface area contributed by atoms with Crippen molar-refractivity contribution >= 4 is 21.6 Å². The highest BCUT2D eigenvalue weighted by Crippen LogP contribution is 2.39. The van der Waals surface area contributed by atoms with Crippen molar-refractivity contribution < 1.29 is 13.7 Å². The van der Waals surface area contributed by atoms with Crippen LogP contribution in [-0.2, 0) is 35.6 Å². The van der Waals surface area contributed by atoms with Crippen molar-refractivity contribution in [1.82, 2.24) is 9.78 Å². The lowest BCUT2D eigenvalue weighted by atomic mass is 9.99. The van der Waals surface area contributed by atoms with Crippen LogP contribution in [0.15, 0.2) is 21.5 Å². The number of benzene rings is 1. The Morgan fingerprint density at radius 2 is 1.97 bits per heavy atom. The van der Waals surface area contributed by atoms with E-state index in [1.807, 2.05) is 6.92 Å². The van der Waals surface area contributed by atoms with Gasteiger partial charge in [-0.1, -0.05) is 6.07 Å². The zero-order chi connectivity index (χ0) is 20.2. The molecule has 2 heterocycles. The van der Waals surface area contributed by atoms with E-state index in [4.69, 9.17) is 9.88 Å². The molecule has 2 atom stereocenters. The number of anilines is 1. The van der Waals surface area contributed by atoms with Crippen LogP contribution in [0.5, 0.6) is 5.88 Å². The molecule has 0 unspecified atom stereocenters. The minimum Gasteiger partial charge on any atom is -0.477 e. The summed E-state index contributed by atoms with van der Waals surface area (Å²) in [5, 5.41) is 13.1. The molecule has 9 heteroatoms. The Balaban J connectivity index is 1.49. The largest absolute Gasteiger partial charge is 0.477 e. The molecule has 0 saturated heterocycles. The van der Waals surface area contributed by atoms with E-state index in [0.29, 0.717) is 12.5 Å². The maximum atomic E-state index is 13.1. The SMILES string of the molecule is C[C@H]1CCOc2c([S@@](N)(=O)=NC(=O)Nc3c4c(cc5c3CCC5)CCC4)cnn21. The predicted molar refractivity (Wildman–Crippen MR) is 110 cm³/mol. The van der Waals surface area contributed by atoms with Gasteiger partial charge in [-0.2, -0.15) is 5.10 Å². The fourth-order valence-corrected chi connectivity index (χ4v) is 5.70. The first-order chi connectivity index (χ1) is 13.9. The average Bonchev–Trinajstić information content (AvgIpc) is 3.40. The van der Waals surface area contributed by atoms with Crippen LogP contribution in [0.2, 0.25) is 0 Å². The van der Waals surface area contributed by atoms with Crippen LogP contribution in [0.4, 0.5) is 10.5 Å². The maximum absolute atomic E-state index is 13.1. The van der Waals surface area contributed by atoms with E-state index in [9.17, 15) is 9.00 Å². The van der Waals surface area contributed by atoms with Gasteiger partial charge in [-0.25, -0.2) is 18.8 Å². The predicted octanol–water partition coefficient (Wildman–Crippen LogP) is 3.14. The highest BCUT2D eigenvalue weighted by Gasteiger charge is 2.28. The number of nitrogens with one attached hydrogen (secondary N) is 1. The van der Waals surface area contributed by atoms with Gasteiger partial charge in [0, 0.05) is 12.1 Å². The van der Waals surface area contributed by atoms with E-state index in [1.165, 1.54) is 28.5 Å². The Hall–Kier alpha value is -2.39. The molecule has 8 nitrogen and oxygen atoms in total. The topological polar surface area (TPSA) is 112 Å². The van der Waals surface area contributed by atoms with Gasteiger partial charge >= 0.3 is 6.03 Å². The van der Waals surface area contributed by atoms with Gasteiger partial charge in [0.15, 0.2) is 9.92 Å². The fourth-order valence-electron chi connectivity index (χ4n) is 4.70. The second-order valence-corrected chi connectivity index (χ2v) is 9.83. The van der Waals surface area contributed by atoms with Crippen molar-refractivity contribution in [2.75, 3.05) is 11.9 Å². The molecule has 0 bridgehead atoms. The van der Waals surface area contributed by atoms with E-state index >= 15 is 0 Å². The smallest absolute Gasteiger partial charge is 0.354 e. The maximum Gasteiger partial charge on any atom is 0.354 e. The zero-order valence-electron chi connectivity index (χ0n) is 16.4. The monoisotopic (exact) mass is 415 g/mol. The van der Waals surface area contributed by atoms with Crippen molar-refractivity contribution in [2.45, 2.75) is 62.8 Å². The van der Waals surface area contributed by atoms with Crippen LogP contribution in [0.3, 0.4) is 0 Å². The zero-order valence-corrected chi connectivity index (χ0v) is 17.3. The van der Waals surface area contributed by atoms with Gasteiger partial charge in [-0.3, -0.25) is 0 Å². The fraction of sp³-hybridized carbons (Fsp3) is 0.500. The molecule has 0 radical (unpaired) electrons. The van der Waals surface area contributed by atoms with Crippen molar-refractivity contribution in [3.63, 3.8) is 0 Å². The molecule has 2 aliphatic carbocycles. The summed E-state index contributed by atoms with van der Waals surface area (Å²) in [6.07, 6.45) is 8.34. The Labute approximate surface area is 170 Å². The lowest BCUT2D eigenvalue weighted by molar-refractivity contribution is 0.196. The molecule has 2 aromatic rings. The number of rotatable bonds is 2. The Morgan fingerprint density at radius 1 is 1.28 bits per heavy atom. The van der Waals surface area contributed by atoms with Crippen molar-refractivity contribution in [2.24, 2.45) is 9.50 Å². The number of nitrogens with two attached hydrogens (primary N) is 1. The van der Waals surface area contributed by atoms with Crippen LogP contribution in [0.25, 0.3) is 0 Å². The number of nitrogens with zero attached hydrogens (tertiary/aromatic N) is 3. The van der Waals surface area contributed by atoms with Gasteiger partial charge in [0.2, 0.25) is 5.88 Å². The van der Waals surface area contributed by atoms with Crippen LogP contribution in [0.1, 0.15) is 54.5 Å². The number of aromatic nitrogens is 2. The summed E-state index contributed by atoms with van der Waals surface area (Å²) >= 11 is 0. The van der Waals surface area contributed by atoms with Gasteiger partial charge < -0.3 is 10.1 Å². The number of aryl methyl sites for hydroxylation is 2. The minimum absolute atomic E-state index is 0.117. The number of amides is 2. The molecule has 5 rings (SSSR count). The number of carbonyl (C=O) groups is 1. The normalized spacial score (nSPS) is 21.5. The highest BCUT2D eigenvalue weighted by atomic mass is 32.2. The van der Waals surface area contributed by atoms with Crippen LogP contribution in [0, 0.1) is 0 Å². The summed E-state index contributed by atoms with van der Waals surface area (Å²) in [6.45, 7) is 2.49. The number of hydrogen-bond acceptors (Lipinski definition) is 4. The first-order valence-electron chi connectivity index (χ1n) is 10.2. The van der Waals surface area contributed by atoms with Crippen LogP contribution >= 0.6 is 0 Å². The molecular weight excluding hydrogens is 390 g/mol.